The zero-order chi connectivity index (χ0) is 11.6. The largest absolute Gasteiger partial charge is 0.366 e. The van der Waals surface area contributed by atoms with Crippen molar-refractivity contribution in [3.05, 3.63) is 0 Å². The molecular formula is C14H25NO. The van der Waals surface area contributed by atoms with Crippen LogP contribution in [-0.2, 0) is 4.74 Å². The molecule has 0 aromatic carbocycles. The van der Waals surface area contributed by atoms with Gasteiger partial charge in [-0.05, 0) is 25.9 Å². The summed E-state index contributed by atoms with van der Waals surface area (Å²) in [5.74, 6) is 6.30. The molecule has 16 heavy (non-hydrogen) atoms. The summed E-state index contributed by atoms with van der Waals surface area (Å²) in [6, 6.07) is 0. The minimum atomic E-state index is 0.483. The first kappa shape index (κ1) is 13.5. The number of rotatable bonds is 5. The van der Waals surface area contributed by atoms with Crippen molar-refractivity contribution in [1.82, 2.24) is 4.90 Å². The SMILES string of the molecule is CCN(CC)CC#CCOC1CCCCC1. The first-order chi connectivity index (χ1) is 7.86. The average Bonchev–Trinajstić information content (AvgIpc) is 2.35. The molecule has 0 aromatic rings. The van der Waals surface area contributed by atoms with E-state index in [2.05, 4.69) is 30.6 Å². The lowest BCUT2D eigenvalue weighted by Gasteiger charge is -2.20. The maximum atomic E-state index is 5.74. The van der Waals surface area contributed by atoms with Crippen LogP contribution in [0.5, 0.6) is 0 Å². The third kappa shape index (κ3) is 5.53. The number of ether oxygens (including phenoxy) is 1. The zero-order valence-corrected chi connectivity index (χ0v) is 10.8. The molecule has 2 nitrogen and oxygen atoms in total. The van der Waals surface area contributed by atoms with Gasteiger partial charge in [-0.2, -0.15) is 0 Å². The average molecular weight is 223 g/mol. The summed E-state index contributed by atoms with van der Waals surface area (Å²) in [6.07, 6.45) is 6.99. The Morgan fingerprint density at radius 1 is 1.06 bits per heavy atom. The molecule has 0 aromatic heterocycles. The molecule has 0 radical (unpaired) electrons. The maximum Gasteiger partial charge on any atom is 0.108 e. The third-order valence-electron chi connectivity index (χ3n) is 3.27. The van der Waals surface area contributed by atoms with E-state index in [9.17, 15) is 0 Å². The highest BCUT2D eigenvalue weighted by molar-refractivity contribution is 5.01. The molecule has 0 spiro atoms. The van der Waals surface area contributed by atoms with Gasteiger partial charge in [0.2, 0.25) is 0 Å². The van der Waals surface area contributed by atoms with Crippen molar-refractivity contribution >= 4 is 0 Å². The summed E-state index contributed by atoms with van der Waals surface area (Å²) in [6.45, 7) is 7.99. The molecule has 0 heterocycles. The van der Waals surface area contributed by atoms with Gasteiger partial charge in [-0.1, -0.05) is 45.0 Å². The highest BCUT2D eigenvalue weighted by Gasteiger charge is 2.12. The van der Waals surface area contributed by atoms with Crippen LogP contribution in [0.15, 0.2) is 0 Å². The Labute approximate surface area is 100 Å². The van der Waals surface area contributed by atoms with Crippen molar-refractivity contribution in [3.8, 4) is 11.8 Å². The van der Waals surface area contributed by atoms with E-state index < -0.39 is 0 Å². The second-order valence-electron chi connectivity index (χ2n) is 4.39. The van der Waals surface area contributed by atoms with Crippen LogP contribution in [0.25, 0.3) is 0 Å². The lowest BCUT2D eigenvalue weighted by molar-refractivity contribution is 0.0497. The van der Waals surface area contributed by atoms with Crippen LogP contribution in [-0.4, -0.2) is 37.2 Å². The topological polar surface area (TPSA) is 12.5 Å². The smallest absolute Gasteiger partial charge is 0.108 e. The summed E-state index contributed by atoms with van der Waals surface area (Å²) < 4.78 is 5.74. The molecule has 2 heteroatoms. The van der Waals surface area contributed by atoms with E-state index in [1.807, 2.05) is 0 Å². The fourth-order valence-electron chi connectivity index (χ4n) is 2.06. The summed E-state index contributed by atoms with van der Waals surface area (Å²) in [7, 11) is 0. The van der Waals surface area contributed by atoms with Gasteiger partial charge in [0, 0.05) is 0 Å². The van der Waals surface area contributed by atoms with Gasteiger partial charge < -0.3 is 4.74 Å². The molecular weight excluding hydrogens is 198 g/mol. The fraction of sp³-hybridized carbons (Fsp3) is 0.857. The Bertz CT molecular complexity index is 219. The minimum Gasteiger partial charge on any atom is -0.366 e. The third-order valence-corrected chi connectivity index (χ3v) is 3.27. The van der Waals surface area contributed by atoms with E-state index >= 15 is 0 Å². The van der Waals surface area contributed by atoms with E-state index in [0.29, 0.717) is 12.7 Å². The fourth-order valence-corrected chi connectivity index (χ4v) is 2.06. The van der Waals surface area contributed by atoms with Crippen LogP contribution < -0.4 is 0 Å². The Morgan fingerprint density at radius 3 is 2.38 bits per heavy atom. The molecule has 0 atom stereocenters. The maximum absolute atomic E-state index is 5.74. The first-order valence-electron chi connectivity index (χ1n) is 6.66. The van der Waals surface area contributed by atoms with Crippen LogP contribution in [0.4, 0.5) is 0 Å². The quantitative estimate of drug-likeness (QED) is 0.664. The number of hydrogen-bond acceptors (Lipinski definition) is 2. The summed E-state index contributed by atoms with van der Waals surface area (Å²) in [5.41, 5.74) is 0. The Balaban J connectivity index is 2.07. The molecule has 1 aliphatic rings. The highest BCUT2D eigenvalue weighted by Crippen LogP contribution is 2.19. The van der Waals surface area contributed by atoms with Crippen molar-refractivity contribution < 1.29 is 4.74 Å². The molecule has 1 fully saturated rings. The van der Waals surface area contributed by atoms with Crippen molar-refractivity contribution in [3.63, 3.8) is 0 Å². The van der Waals surface area contributed by atoms with Crippen LogP contribution in [0.1, 0.15) is 46.0 Å². The zero-order valence-electron chi connectivity index (χ0n) is 10.8. The molecule has 0 unspecified atom stereocenters. The summed E-state index contributed by atoms with van der Waals surface area (Å²) >= 11 is 0. The highest BCUT2D eigenvalue weighted by atomic mass is 16.5. The first-order valence-corrected chi connectivity index (χ1v) is 6.66. The van der Waals surface area contributed by atoms with Crippen molar-refractivity contribution in [2.75, 3.05) is 26.2 Å². The predicted molar refractivity (Wildman–Crippen MR) is 68.4 cm³/mol. The normalized spacial score (nSPS) is 17.2. The summed E-state index contributed by atoms with van der Waals surface area (Å²) in [4.78, 5) is 2.31. The molecule has 1 rings (SSSR count). The van der Waals surface area contributed by atoms with Gasteiger partial charge in [-0.15, -0.1) is 0 Å². The molecule has 1 aliphatic carbocycles. The van der Waals surface area contributed by atoms with E-state index in [4.69, 9.17) is 4.74 Å². The van der Waals surface area contributed by atoms with Crippen molar-refractivity contribution in [1.29, 1.82) is 0 Å². The number of hydrogen-bond donors (Lipinski definition) is 0. The second-order valence-corrected chi connectivity index (χ2v) is 4.39. The number of nitrogens with zero attached hydrogens (tertiary/aromatic N) is 1. The molecule has 92 valence electrons. The Hall–Kier alpha value is -0.520. The van der Waals surface area contributed by atoms with Crippen LogP contribution in [0.2, 0.25) is 0 Å². The minimum absolute atomic E-state index is 0.483. The molecule has 0 bridgehead atoms. The van der Waals surface area contributed by atoms with Gasteiger partial charge in [0.25, 0.3) is 0 Å². The van der Waals surface area contributed by atoms with Crippen molar-refractivity contribution in [2.24, 2.45) is 0 Å². The van der Waals surface area contributed by atoms with Crippen LogP contribution >= 0.6 is 0 Å². The van der Waals surface area contributed by atoms with Gasteiger partial charge in [0.1, 0.15) is 6.61 Å². The lowest BCUT2D eigenvalue weighted by atomic mass is 9.98. The lowest BCUT2D eigenvalue weighted by Crippen LogP contribution is -2.23. The van der Waals surface area contributed by atoms with E-state index in [0.717, 1.165) is 19.6 Å². The van der Waals surface area contributed by atoms with Crippen molar-refractivity contribution in [2.45, 2.75) is 52.1 Å². The van der Waals surface area contributed by atoms with Gasteiger partial charge in [-0.3, -0.25) is 4.90 Å². The second kappa shape index (κ2) is 8.61. The Kier molecular flexibility index (Phi) is 7.29. The van der Waals surface area contributed by atoms with Gasteiger partial charge in [-0.25, -0.2) is 0 Å². The monoisotopic (exact) mass is 223 g/mol. The van der Waals surface area contributed by atoms with Gasteiger partial charge in [0.05, 0.1) is 12.6 Å². The summed E-state index contributed by atoms with van der Waals surface area (Å²) in [5, 5.41) is 0. The molecule has 0 aliphatic heterocycles. The molecule has 1 saturated carbocycles. The Morgan fingerprint density at radius 2 is 1.75 bits per heavy atom. The predicted octanol–water partition coefficient (Wildman–Crippen LogP) is 2.68. The van der Waals surface area contributed by atoms with Crippen LogP contribution in [0.3, 0.4) is 0 Å². The van der Waals surface area contributed by atoms with Crippen LogP contribution in [0, 0.1) is 11.8 Å². The van der Waals surface area contributed by atoms with Gasteiger partial charge >= 0.3 is 0 Å². The van der Waals surface area contributed by atoms with E-state index in [-0.39, 0.29) is 0 Å². The molecule has 0 saturated heterocycles. The molecule has 0 amide bonds. The molecule has 0 N–H and O–H groups in total. The van der Waals surface area contributed by atoms with E-state index in [1.54, 1.807) is 0 Å². The van der Waals surface area contributed by atoms with Gasteiger partial charge in [0.15, 0.2) is 0 Å². The van der Waals surface area contributed by atoms with E-state index in [1.165, 1.54) is 32.1 Å². The standard InChI is InChI=1S/C14H25NO/c1-3-15(4-2)12-8-9-13-16-14-10-6-5-7-11-14/h14H,3-7,10-13H2,1-2H3.